The van der Waals surface area contributed by atoms with Crippen molar-refractivity contribution in [3.05, 3.63) is 71.7 Å². The third-order valence-corrected chi connectivity index (χ3v) is 4.54. The SMILES string of the molecule is O=C1C[C@@H](CCc2ccccc2)c2c(nc3ccccn23)CN1. The second-order valence-corrected chi connectivity index (χ2v) is 6.07. The maximum absolute atomic E-state index is 12.1. The second kappa shape index (κ2) is 5.88. The van der Waals surface area contributed by atoms with E-state index in [2.05, 4.69) is 34.0 Å². The van der Waals surface area contributed by atoms with E-state index in [1.54, 1.807) is 0 Å². The van der Waals surface area contributed by atoms with Gasteiger partial charge < -0.3 is 9.72 Å². The predicted octanol–water partition coefficient (Wildman–Crippen LogP) is 3.07. The molecular formula is C19H19N3O. The fraction of sp³-hybridized carbons (Fsp3) is 0.263. The maximum Gasteiger partial charge on any atom is 0.220 e. The highest BCUT2D eigenvalue weighted by Gasteiger charge is 2.27. The highest BCUT2D eigenvalue weighted by atomic mass is 16.1. The number of hydrogen-bond acceptors (Lipinski definition) is 2. The molecule has 116 valence electrons. The van der Waals surface area contributed by atoms with Gasteiger partial charge in [0.1, 0.15) is 5.65 Å². The summed E-state index contributed by atoms with van der Waals surface area (Å²) in [7, 11) is 0. The van der Waals surface area contributed by atoms with Crippen molar-refractivity contribution in [1.82, 2.24) is 14.7 Å². The van der Waals surface area contributed by atoms with Gasteiger partial charge in [-0.25, -0.2) is 4.98 Å². The van der Waals surface area contributed by atoms with Crippen LogP contribution < -0.4 is 5.32 Å². The van der Waals surface area contributed by atoms with Crippen LogP contribution in [0.25, 0.3) is 5.65 Å². The summed E-state index contributed by atoms with van der Waals surface area (Å²) in [6, 6.07) is 16.5. The van der Waals surface area contributed by atoms with E-state index in [1.807, 2.05) is 30.5 Å². The molecule has 1 amide bonds. The molecule has 3 aromatic rings. The van der Waals surface area contributed by atoms with Crippen LogP contribution in [0.2, 0.25) is 0 Å². The van der Waals surface area contributed by atoms with Gasteiger partial charge in [0.15, 0.2) is 0 Å². The first-order chi connectivity index (χ1) is 11.3. The molecule has 1 aliphatic rings. The molecule has 0 unspecified atom stereocenters. The minimum atomic E-state index is 0.116. The first kappa shape index (κ1) is 14.0. The Bertz CT molecular complexity index is 838. The number of benzene rings is 1. The predicted molar refractivity (Wildman–Crippen MR) is 89.2 cm³/mol. The standard InChI is InChI=1S/C19H19N3O/c23-18-12-15(10-9-14-6-2-1-3-7-14)19-16(13-20-18)21-17-8-4-5-11-22(17)19/h1-8,11,15H,9-10,12-13H2,(H,20,23)/t15-/m1/s1. The fourth-order valence-corrected chi connectivity index (χ4v) is 3.43. The Morgan fingerprint density at radius 2 is 1.96 bits per heavy atom. The summed E-state index contributed by atoms with van der Waals surface area (Å²) in [5.74, 6) is 0.316. The minimum absolute atomic E-state index is 0.116. The minimum Gasteiger partial charge on any atom is -0.350 e. The van der Waals surface area contributed by atoms with Crippen LogP contribution in [0.5, 0.6) is 0 Å². The van der Waals surface area contributed by atoms with Crippen LogP contribution in [-0.4, -0.2) is 15.3 Å². The monoisotopic (exact) mass is 305 g/mol. The van der Waals surface area contributed by atoms with Gasteiger partial charge in [-0.3, -0.25) is 4.79 Å². The average Bonchev–Trinajstić information content (AvgIpc) is 2.88. The lowest BCUT2D eigenvalue weighted by atomic mass is 9.92. The van der Waals surface area contributed by atoms with Crippen molar-refractivity contribution in [1.29, 1.82) is 0 Å². The van der Waals surface area contributed by atoms with Crippen LogP contribution in [0, 0.1) is 0 Å². The topological polar surface area (TPSA) is 46.4 Å². The van der Waals surface area contributed by atoms with E-state index in [9.17, 15) is 4.79 Å². The molecule has 0 saturated carbocycles. The Balaban J connectivity index is 1.69. The molecule has 0 spiro atoms. The lowest BCUT2D eigenvalue weighted by molar-refractivity contribution is -0.121. The molecule has 0 aliphatic carbocycles. The zero-order valence-electron chi connectivity index (χ0n) is 12.9. The van der Waals surface area contributed by atoms with Crippen LogP contribution in [0.15, 0.2) is 54.7 Å². The Hall–Kier alpha value is -2.62. The zero-order chi connectivity index (χ0) is 15.6. The lowest BCUT2D eigenvalue weighted by Gasteiger charge is -2.15. The summed E-state index contributed by atoms with van der Waals surface area (Å²) in [6.45, 7) is 0.525. The van der Waals surface area contributed by atoms with Crippen molar-refractivity contribution in [2.75, 3.05) is 0 Å². The van der Waals surface area contributed by atoms with Crippen molar-refractivity contribution < 1.29 is 4.79 Å². The Kier molecular flexibility index (Phi) is 3.58. The van der Waals surface area contributed by atoms with E-state index >= 15 is 0 Å². The van der Waals surface area contributed by atoms with Gasteiger partial charge in [0.25, 0.3) is 0 Å². The first-order valence-electron chi connectivity index (χ1n) is 8.08. The van der Waals surface area contributed by atoms with Crippen LogP contribution in [0.1, 0.15) is 35.7 Å². The van der Waals surface area contributed by atoms with E-state index in [0.717, 1.165) is 24.2 Å². The molecule has 23 heavy (non-hydrogen) atoms. The van der Waals surface area contributed by atoms with E-state index < -0.39 is 0 Å². The van der Waals surface area contributed by atoms with Gasteiger partial charge in [-0.15, -0.1) is 0 Å². The summed E-state index contributed by atoms with van der Waals surface area (Å²) in [5, 5.41) is 2.98. The number of nitrogens with one attached hydrogen (secondary N) is 1. The molecule has 1 N–H and O–H groups in total. The van der Waals surface area contributed by atoms with Crippen LogP contribution >= 0.6 is 0 Å². The Morgan fingerprint density at radius 1 is 1.13 bits per heavy atom. The van der Waals surface area contributed by atoms with E-state index in [0.29, 0.717) is 13.0 Å². The van der Waals surface area contributed by atoms with Crippen molar-refractivity contribution in [2.45, 2.75) is 31.7 Å². The van der Waals surface area contributed by atoms with Crippen molar-refractivity contribution in [3.8, 4) is 0 Å². The highest BCUT2D eigenvalue weighted by Crippen LogP contribution is 2.31. The number of fused-ring (bicyclic) bond motifs is 3. The van der Waals surface area contributed by atoms with Crippen molar-refractivity contribution >= 4 is 11.6 Å². The van der Waals surface area contributed by atoms with Crippen molar-refractivity contribution in [2.24, 2.45) is 0 Å². The molecule has 0 fully saturated rings. The number of amides is 1. The van der Waals surface area contributed by atoms with Gasteiger partial charge in [-0.2, -0.15) is 0 Å². The average molecular weight is 305 g/mol. The number of imidazole rings is 1. The summed E-state index contributed by atoms with van der Waals surface area (Å²) >= 11 is 0. The summed E-state index contributed by atoms with van der Waals surface area (Å²) < 4.78 is 2.14. The number of carbonyl (C=O) groups is 1. The first-order valence-corrected chi connectivity index (χ1v) is 8.08. The number of hydrogen-bond donors (Lipinski definition) is 1. The van der Waals surface area contributed by atoms with Crippen LogP contribution in [0.3, 0.4) is 0 Å². The van der Waals surface area contributed by atoms with Gasteiger partial charge in [-0.05, 0) is 30.5 Å². The number of pyridine rings is 1. The number of aryl methyl sites for hydroxylation is 1. The van der Waals surface area contributed by atoms with Crippen LogP contribution in [0.4, 0.5) is 0 Å². The number of rotatable bonds is 3. The van der Waals surface area contributed by atoms with Crippen LogP contribution in [-0.2, 0) is 17.8 Å². The summed E-state index contributed by atoms with van der Waals surface area (Å²) in [6.07, 6.45) is 4.50. The molecule has 1 atom stereocenters. The molecule has 3 heterocycles. The maximum atomic E-state index is 12.1. The molecule has 4 heteroatoms. The number of carbonyl (C=O) groups excluding carboxylic acids is 1. The highest BCUT2D eigenvalue weighted by molar-refractivity contribution is 5.77. The molecule has 0 radical (unpaired) electrons. The molecule has 1 aliphatic heterocycles. The molecule has 2 aromatic heterocycles. The van der Waals surface area contributed by atoms with Gasteiger partial charge in [-0.1, -0.05) is 36.4 Å². The summed E-state index contributed by atoms with van der Waals surface area (Å²) in [5.41, 5.74) is 4.46. The molecule has 4 rings (SSSR count). The largest absolute Gasteiger partial charge is 0.350 e. The molecule has 1 aromatic carbocycles. The third-order valence-electron chi connectivity index (χ3n) is 4.54. The molecule has 0 saturated heterocycles. The quantitative estimate of drug-likeness (QED) is 0.808. The van der Waals surface area contributed by atoms with E-state index in [4.69, 9.17) is 4.98 Å². The smallest absolute Gasteiger partial charge is 0.220 e. The molecule has 4 nitrogen and oxygen atoms in total. The number of nitrogens with zero attached hydrogens (tertiary/aromatic N) is 2. The second-order valence-electron chi connectivity index (χ2n) is 6.07. The van der Waals surface area contributed by atoms with Gasteiger partial charge in [0.05, 0.1) is 17.9 Å². The zero-order valence-corrected chi connectivity index (χ0v) is 12.9. The van der Waals surface area contributed by atoms with Gasteiger partial charge in [0.2, 0.25) is 5.91 Å². The Labute approximate surface area is 135 Å². The van der Waals surface area contributed by atoms with Gasteiger partial charge >= 0.3 is 0 Å². The van der Waals surface area contributed by atoms with E-state index in [1.165, 1.54) is 11.3 Å². The van der Waals surface area contributed by atoms with E-state index in [-0.39, 0.29) is 11.8 Å². The fourth-order valence-electron chi connectivity index (χ4n) is 3.43. The Morgan fingerprint density at radius 3 is 2.83 bits per heavy atom. The lowest BCUT2D eigenvalue weighted by Crippen LogP contribution is -2.21. The van der Waals surface area contributed by atoms with Crippen molar-refractivity contribution in [3.63, 3.8) is 0 Å². The number of aromatic nitrogens is 2. The third kappa shape index (κ3) is 2.72. The summed E-state index contributed by atoms with van der Waals surface area (Å²) in [4.78, 5) is 16.8. The van der Waals surface area contributed by atoms with Gasteiger partial charge in [0, 0.05) is 18.5 Å². The molecule has 0 bridgehead atoms. The normalized spacial score (nSPS) is 17.6. The molecular weight excluding hydrogens is 286 g/mol.